The van der Waals surface area contributed by atoms with E-state index in [1.807, 2.05) is 38.1 Å². The predicted molar refractivity (Wildman–Crippen MR) is 93.6 cm³/mol. The van der Waals surface area contributed by atoms with Gasteiger partial charge in [-0.15, -0.1) is 0 Å². The van der Waals surface area contributed by atoms with Crippen molar-refractivity contribution in [1.29, 1.82) is 0 Å². The van der Waals surface area contributed by atoms with Gasteiger partial charge in [-0.25, -0.2) is 0 Å². The fourth-order valence-electron chi connectivity index (χ4n) is 3.32. The lowest BCUT2D eigenvalue weighted by atomic mass is 9.80. The number of hydrogen-bond donors (Lipinski definition) is 1. The largest absolute Gasteiger partial charge is 0.481 e. The molecule has 0 radical (unpaired) electrons. The maximum atomic E-state index is 12.9. The van der Waals surface area contributed by atoms with E-state index >= 15 is 0 Å². The summed E-state index contributed by atoms with van der Waals surface area (Å²) >= 11 is 0. The number of amides is 1. The summed E-state index contributed by atoms with van der Waals surface area (Å²) in [6.07, 6.45) is 1.06. The van der Waals surface area contributed by atoms with Crippen LogP contribution in [0.4, 0.5) is 0 Å². The van der Waals surface area contributed by atoms with Crippen LogP contribution in [-0.4, -0.2) is 54.8 Å². The highest BCUT2D eigenvalue weighted by molar-refractivity contribution is 5.83. The Bertz CT molecular complexity index is 614. The molecule has 1 aliphatic rings. The van der Waals surface area contributed by atoms with Gasteiger partial charge < -0.3 is 19.5 Å². The number of hydrogen-bond acceptors (Lipinski definition) is 4. The molecule has 0 aliphatic carbocycles. The number of rotatable bonds is 7. The van der Waals surface area contributed by atoms with E-state index in [9.17, 15) is 14.7 Å². The van der Waals surface area contributed by atoms with Crippen molar-refractivity contribution in [2.75, 3.05) is 26.8 Å². The summed E-state index contributed by atoms with van der Waals surface area (Å²) in [5.74, 6) is -0.427. The SMILES string of the molecule is CCC(Oc1cccc(C)c1)C(=O)N1CCCC(COC)(C(=O)O)C1. The second-order valence-electron chi connectivity index (χ2n) is 6.71. The van der Waals surface area contributed by atoms with Gasteiger partial charge in [-0.1, -0.05) is 19.1 Å². The van der Waals surface area contributed by atoms with Gasteiger partial charge in [0.2, 0.25) is 0 Å². The number of benzene rings is 1. The van der Waals surface area contributed by atoms with Crippen molar-refractivity contribution in [2.45, 2.75) is 39.2 Å². The number of carboxylic acids is 1. The number of piperidine rings is 1. The fourth-order valence-corrected chi connectivity index (χ4v) is 3.32. The molecule has 2 unspecified atom stereocenters. The molecule has 1 N–H and O–H groups in total. The van der Waals surface area contributed by atoms with Gasteiger partial charge in [-0.3, -0.25) is 9.59 Å². The third-order valence-corrected chi connectivity index (χ3v) is 4.68. The van der Waals surface area contributed by atoms with Crippen molar-refractivity contribution >= 4 is 11.9 Å². The van der Waals surface area contributed by atoms with Crippen molar-refractivity contribution < 1.29 is 24.2 Å². The zero-order valence-corrected chi connectivity index (χ0v) is 15.2. The monoisotopic (exact) mass is 349 g/mol. The number of nitrogens with zero attached hydrogens (tertiary/aromatic N) is 1. The highest BCUT2D eigenvalue weighted by Crippen LogP contribution is 2.31. The molecular weight excluding hydrogens is 322 g/mol. The van der Waals surface area contributed by atoms with E-state index < -0.39 is 17.5 Å². The molecule has 0 spiro atoms. The summed E-state index contributed by atoms with van der Waals surface area (Å²) in [5, 5.41) is 9.63. The summed E-state index contributed by atoms with van der Waals surface area (Å²) in [6, 6.07) is 7.56. The van der Waals surface area contributed by atoms with Crippen LogP contribution >= 0.6 is 0 Å². The van der Waals surface area contributed by atoms with Gasteiger partial charge in [0.05, 0.1) is 6.61 Å². The smallest absolute Gasteiger partial charge is 0.313 e. The minimum atomic E-state index is -1.04. The van der Waals surface area contributed by atoms with Crippen LogP contribution in [0.3, 0.4) is 0 Å². The lowest BCUT2D eigenvalue weighted by molar-refractivity contribution is -0.160. The highest BCUT2D eigenvalue weighted by atomic mass is 16.5. The van der Waals surface area contributed by atoms with Gasteiger partial charge in [0.15, 0.2) is 6.10 Å². The fraction of sp³-hybridized carbons (Fsp3) is 0.579. The van der Waals surface area contributed by atoms with Crippen LogP contribution in [0, 0.1) is 12.3 Å². The van der Waals surface area contributed by atoms with Crippen molar-refractivity contribution in [2.24, 2.45) is 5.41 Å². The second-order valence-corrected chi connectivity index (χ2v) is 6.71. The van der Waals surface area contributed by atoms with Crippen LogP contribution < -0.4 is 4.74 Å². The van der Waals surface area contributed by atoms with E-state index in [0.717, 1.165) is 5.56 Å². The van der Waals surface area contributed by atoms with Crippen molar-refractivity contribution in [3.8, 4) is 5.75 Å². The maximum Gasteiger partial charge on any atom is 0.313 e. The number of ether oxygens (including phenoxy) is 2. The first-order valence-electron chi connectivity index (χ1n) is 8.66. The number of aryl methyl sites for hydroxylation is 1. The van der Waals surface area contributed by atoms with E-state index in [1.165, 1.54) is 7.11 Å². The summed E-state index contributed by atoms with van der Waals surface area (Å²) in [5.41, 5.74) is 0.0207. The summed E-state index contributed by atoms with van der Waals surface area (Å²) in [4.78, 5) is 26.3. The standard InChI is InChI=1S/C19H27NO5/c1-4-16(25-15-8-5-7-14(2)11-15)17(21)20-10-6-9-19(12-20,13-24-3)18(22)23/h5,7-8,11,16H,4,6,9-10,12-13H2,1-3H3,(H,22,23). The normalized spacial score (nSPS) is 21.6. The second kappa shape index (κ2) is 8.34. The van der Waals surface area contributed by atoms with E-state index in [4.69, 9.17) is 9.47 Å². The molecular formula is C19H27NO5. The molecule has 1 saturated heterocycles. The molecule has 1 fully saturated rings. The highest BCUT2D eigenvalue weighted by Gasteiger charge is 2.44. The average molecular weight is 349 g/mol. The Labute approximate surface area is 148 Å². The third-order valence-electron chi connectivity index (χ3n) is 4.68. The number of methoxy groups -OCH3 is 1. The first kappa shape index (κ1) is 19.2. The molecule has 1 aromatic rings. The molecule has 1 aromatic carbocycles. The molecule has 1 amide bonds. The Hall–Kier alpha value is -2.08. The van der Waals surface area contributed by atoms with Gasteiger partial charge in [0.25, 0.3) is 5.91 Å². The predicted octanol–water partition coefficient (Wildman–Crippen LogP) is 2.49. The minimum Gasteiger partial charge on any atom is -0.481 e. The Kier molecular flexibility index (Phi) is 6.42. The minimum absolute atomic E-state index is 0.0989. The summed E-state index contributed by atoms with van der Waals surface area (Å²) in [6.45, 7) is 4.66. The maximum absolute atomic E-state index is 12.9. The number of carbonyl (C=O) groups excluding carboxylic acids is 1. The first-order chi connectivity index (χ1) is 11.9. The van der Waals surface area contributed by atoms with Crippen molar-refractivity contribution in [1.82, 2.24) is 4.90 Å². The van der Waals surface area contributed by atoms with E-state index in [0.29, 0.717) is 31.6 Å². The Balaban J connectivity index is 2.12. The molecule has 25 heavy (non-hydrogen) atoms. The molecule has 6 nitrogen and oxygen atoms in total. The van der Waals surface area contributed by atoms with E-state index in [2.05, 4.69) is 0 Å². The van der Waals surface area contributed by atoms with Crippen LogP contribution in [0.25, 0.3) is 0 Å². The van der Waals surface area contributed by atoms with Gasteiger partial charge in [-0.05, 0) is 43.9 Å². The molecule has 2 atom stereocenters. The summed E-state index contributed by atoms with van der Waals surface area (Å²) < 4.78 is 11.0. The molecule has 2 rings (SSSR count). The summed E-state index contributed by atoms with van der Waals surface area (Å²) in [7, 11) is 1.49. The third kappa shape index (κ3) is 4.51. The average Bonchev–Trinajstić information content (AvgIpc) is 2.59. The first-order valence-corrected chi connectivity index (χ1v) is 8.66. The van der Waals surface area contributed by atoms with Crippen LogP contribution in [0.2, 0.25) is 0 Å². The lowest BCUT2D eigenvalue weighted by Crippen LogP contribution is -2.54. The van der Waals surface area contributed by atoms with Crippen molar-refractivity contribution in [3.63, 3.8) is 0 Å². The van der Waals surface area contributed by atoms with Crippen LogP contribution in [0.15, 0.2) is 24.3 Å². The Morgan fingerprint density at radius 2 is 2.16 bits per heavy atom. The molecule has 1 aliphatic heterocycles. The van der Waals surface area contributed by atoms with Gasteiger partial charge in [0.1, 0.15) is 11.2 Å². The Morgan fingerprint density at radius 1 is 1.40 bits per heavy atom. The lowest BCUT2D eigenvalue weighted by Gasteiger charge is -2.40. The van der Waals surface area contributed by atoms with Crippen LogP contribution in [0.5, 0.6) is 5.75 Å². The molecule has 0 aromatic heterocycles. The van der Waals surface area contributed by atoms with E-state index in [-0.39, 0.29) is 19.1 Å². The molecule has 0 saturated carbocycles. The quantitative estimate of drug-likeness (QED) is 0.818. The van der Waals surface area contributed by atoms with Gasteiger partial charge in [-0.2, -0.15) is 0 Å². The number of aliphatic carboxylic acids is 1. The molecule has 138 valence electrons. The number of likely N-dealkylation sites (tertiary alicyclic amines) is 1. The number of carbonyl (C=O) groups is 2. The topological polar surface area (TPSA) is 76.1 Å². The van der Waals surface area contributed by atoms with E-state index in [1.54, 1.807) is 4.90 Å². The zero-order chi connectivity index (χ0) is 18.4. The van der Waals surface area contributed by atoms with Crippen LogP contribution in [0.1, 0.15) is 31.7 Å². The zero-order valence-electron chi connectivity index (χ0n) is 15.2. The number of carboxylic acid groups (broad SMARTS) is 1. The van der Waals surface area contributed by atoms with Gasteiger partial charge in [0, 0.05) is 20.2 Å². The molecule has 0 bridgehead atoms. The Morgan fingerprint density at radius 3 is 2.76 bits per heavy atom. The van der Waals surface area contributed by atoms with Gasteiger partial charge >= 0.3 is 5.97 Å². The molecule has 6 heteroatoms. The molecule has 1 heterocycles. The van der Waals surface area contributed by atoms with Crippen molar-refractivity contribution in [3.05, 3.63) is 29.8 Å². The van der Waals surface area contributed by atoms with Crippen LogP contribution in [-0.2, 0) is 14.3 Å².